The molecule has 1 N–H and O–H groups in total. The standard InChI is InChI=1S/C11H10NO4S/c1-15-8-5-7(6-9(16-2)10(8)13)11-12-3-4-17(11)14/h4-6,13H,1-2H3/q-1. The van der Waals surface area contributed by atoms with Crippen molar-refractivity contribution in [3.8, 4) is 17.2 Å². The van der Waals surface area contributed by atoms with Crippen LogP contribution in [0.25, 0.3) is 0 Å². The Labute approximate surface area is 101 Å². The number of phenols is 1. The minimum absolute atomic E-state index is 0.0972. The van der Waals surface area contributed by atoms with E-state index >= 15 is 0 Å². The van der Waals surface area contributed by atoms with Crippen LogP contribution >= 0.6 is 0 Å². The third-order valence-electron chi connectivity index (χ3n) is 2.24. The van der Waals surface area contributed by atoms with E-state index < -0.39 is 10.8 Å². The molecule has 0 saturated heterocycles. The lowest BCUT2D eigenvalue weighted by Crippen LogP contribution is -2.04. The highest BCUT2D eigenvalue weighted by molar-refractivity contribution is 8.04. The number of benzene rings is 1. The molecule has 6 heteroatoms. The fourth-order valence-electron chi connectivity index (χ4n) is 1.43. The van der Waals surface area contributed by atoms with E-state index in [1.165, 1.54) is 19.6 Å². The number of phenolic OH excluding ortho intramolecular Hbond substituents is 1. The zero-order chi connectivity index (χ0) is 12.4. The summed E-state index contributed by atoms with van der Waals surface area (Å²) in [6.45, 7) is 0. The van der Waals surface area contributed by atoms with Crippen molar-refractivity contribution in [2.75, 3.05) is 14.2 Å². The highest BCUT2D eigenvalue weighted by Crippen LogP contribution is 2.37. The molecule has 17 heavy (non-hydrogen) atoms. The Morgan fingerprint density at radius 1 is 1.29 bits per heavy atom. The van der Waals surface area contributed by atoms with Crippen LogP contribution < -0.4 is 9.47 Å². The van der Waals surface area contributed by atoms with Gasteiger partial charge in [0.25, 0.3) is 0 Å². The second kappa shape index (κ2) is 4.58. The van der Waals surface area contributed by atoms with E-state index in [9.17, 15) is 9.32 Å². The van der Waals surface area contributed by atoms with E-state index in [2.05, 4.69) is 11.2 Å². The molecule has 1 atom stereocenters. The lowest BCUT2D eigenvalue weighted by molar-refractivity contribution is 0.340. The van der Waals surface area contributed by atoms with Gasteiger partial charge in [0, 0.05) is 0 Å². The lowest BCUT2D eigenvalue weighted by Gasteiger charge is -2.14. The van der Waals surface area contributed by atoms with Crippen molar-refractivity contribution in [3.63, 3.8) is 0 Å². The van der Waals surface area contributed by atoms with Gasteiger partial charge in [-0.05, 0) is 28.0 Å². The minimum Gasteiger partial charge on any atom is -0.502 e. The Bertz CT molecular complexity index is 511. The molecule has 1 aromatic rings. The summed E-state index contributed by atoms with van der Waals surface area (Å²) < 4.78 is 21.6. The molecule has 1 heterocycles. The molecular weight excluding hydrogens is 242 g/mol. The van der Waals surface area contributed by atoms with Gasteiger partial charge in [0.15, 0.2) is 11.5 Å². The molecule has 0 radical (unpaired) electrons. The molecule has 2 rings (SSSR count). The molecule has 1 aliphatic rings. The number of hydrogen-bond donors (Lipinski definition) is 1. The molecular formula is C11H10NO4S-. The van der Waals surface area contributed by atoms with Crippen LogP contribution in [0.1, 0.15) is 5.56 Å². The molecule has 1 unspecified atom stereocenters. The predicted molar refractivity (Wildman–Crippen MR) is 63.7 cm³/mol. The van der Waals surface area contributed by atoms with Gasteiger partial charge >= 0.3 is 0 Å². The van der Waals surface area contributed by atoms with Gasteiger partial charge in [-0.1, -0.05) is 11.0 Å². The van der Waals surface area contributed by atoms with Gasteiger partial charge in [-0.3, -0.25) is 4.21 Å². The highest BCUT2D eigenvalue weighted by Gasteiger charge is 2.13. The number of methoxy groups -OCH3 is 2. The van der Waals surface area contributed by atoms with E-state index in [-0.39, 0.29) is 17.2 Å². The van der Waals surface area contributed by atoms with Crippen LogP contribution in [0.5, 0.6) is 17.2 Å². The average Bonchev–Trinajstić information content (AvgIpc) is 2.76. The number of ether oxygens (including phenoxy) is 2. The summed E-state index contributed by atoms with van der Waals surface area (Å²) in [5.74, 6) is 0.386. The number of aromatic hydroxyl groups is 1. The quantitative estimate of drug-likeness (QED) is 0.820. The van der Waals surface area contributed by atoms with Crippen molar-refractivity contribution >= 4 is 15.8 Å². The van der Waals surface area contributed by atoms with Gasteiger partial charge in [-0.15, -0.1) is 6.20 Å². The molecule has 0 aliphatic carbocycles. The third kappa shape index (κ3) is 2.03. The van der Waals surface area contributed by atoms with E-state index in [1.807, 2.05) is 0 Å². The SMILES string of the molecule is COc1cc(C2=N[C-]=CS2=O)cc(OC)c1O. The van der Waals surface area contributed by atoms with Crippen LogP contribution in [0.15, 0.2) is 22.5 Å². The monoisotopic (exact) mass is 252 g/mol. The summed E-state index contributed by atoms with van der Waals surface area (Å²) in [5.41, 5.74) is 0.566. The summed E-state index contributed by atoms with van der Waals surface area (Å²) in [5, 5.41) is 11.5. The van der Waals surface area contributed by atoms with Crippen molar-refractivity contribution in [3.05, 3.63) is 29.3 Å². The van der Waals surface area contributed by atoms with Crippen LogP contribution in [0.4, 0.5) is 0 Å². The van der Waals surface area contributed by atoms with Crippen LogP contribution in [0.2, 0.25) is 0 Å². The molecule has 0 saturated carbocycles. The molecule has 90 valence electrons. The first kappa shape index (κ1) is 11.7. The van der Waals surface area contributed by atoms with E-state index in [4.69, 9.17) is 9.47 Å². The van der Waals surface area contributed by atoms with Crippen molar-refractivity contribution < 1.29 is 18.8 Å². The number of rotatable bonds is 3. The topological polar surface area (TPSA) is 68.1 Å². The maximum atomic E-state index is 11.6. The Hall–Kier alpha value is -1.82. The van der Waals surface area contributed by atoms with Crippen LogP contribution in [0.3, 0.4) is 0 Å². The van der Waals surface area contributed by atoms with Crippen molar-refractivity contribution in [1.29, 1.82) is 0 Å². The zero-order valence-electron chi connectivity index (χ0n) is 9.26. The molecule has 0 fully saturated rings. The molecule has 0 bridgehead atoms. The molecule has 0 spiro atoms. The average molecular weight is 252 g/mol. The van der Waals surface area contributed by atoms with Crippen molar-refractivity contribution in [1.82, 2.24) is 0 Å². The van der Waals surface area contributed by atoms with E-state index in [0.29, 0.717) is 10.6 Å². The highest BCUT2D eigenvalue weighted by atomic mass is 32.2. The minimum atomic E-state index is -1.32. The number of hydrogen-bond acceptors (Lipinski definition) is 5. The maximum absolute atomic E-state index is 11.6. The largest absolute Gasteiger partial charge is 0.502 e. The van der Waals surface area contributed by atoms with Gasteiger partial charge in [0.1, 0.15) is 0 Å². The molecule has 5 nitrogen and oxygen atoms in total. The molecule has 0 aromatic heterocycles. The summed E-state index contributed by atoms with van der Waals surface area (Å²) in [6.07, 6.45) is 2.53. The van der Waals surface area contributed by atoms with Gasteiger partial charge in [0.05, 0.1) is 14.2 Å². The zero-order valence-corrected chi connectivity index (χ0v) is 10.1. The van der Waals surface area contributed by atoms with Gasteiger partial charge in [-0.2, -0.15) is 0 Å². The van der Waals surface area contributed by atoms with Gasteiger partial charge in [0.2, 0.25) is 5.75 Å². The van der Waals surface area contributed by atoms with Gasteiger partial charge < -0.3 is 19.6 Å². The first-order valence-electron chi connectivity index (χ1n) is 4.70. The molecule has 0 amide bonds. The van der Waals surface area contributed by atoms with Crippen molar-refractivity contribution in [2.45, 2.75) is 0 Å². The van der Waals surface area contributed by atoms with E-state index in [1.54, 1.807) is 12.1 Å². The predicted octanol–water partition coefficient (Wildman–Crippen LogP) is 1.19. The Morgan fingerprint density at radius 3 is 2.29 bits per heavy atom. The summed E-state index contributed by atoms with van der Waals surface area (Å²) >= 11 is 0. The first-order valence-corrected chi connectivity index (χ1v) is 5.91. The fourth-order valence-corrected chi connectivity index (χ4v) is 2.18. The van der Waals surface area contributed by atoms with Crippen LogP contribution in [0, 0.1) is 6.20 Å². The fraction of sp³-hybridized carbons (Fsp3) is 0.182. The summed E-state index contributed by atoms with van der Waals surface area (Å²) in [7, 11) is 1.54. The van der Waals surface area contributed by atoms with Crippen LogP contribution in [-0.2, 0) is 10.8 Å². The van der Waals surface area contributed by atoms with Crippen LogP contribution in [-0.4, -0.2) is 28.6 Å². The number of nitrogens with zero attached hydrogens (tertiary/aromatic N) is 1. The Kier molecular flexibility index (Phi) is 3.14. The lowest BCUT2D eigenvalue weighted by atomic mass is 10.2. The van der Waals surface area contributed by atoms with Gasteiger partial charge in [-0.25, -0.2) is 0 Å². The number of aliphatic imine (C=N–C) groups is 1. The second-order valence-corrected chi connectivity index (χ2v) is 4.41. The summed E-state index contributed by atoms with van der Waals surface area (Å²) in [6, 6.07) is 3.10. The third-order valence-corrected chi connectivity index (χ3v) is 3.27. The Balaban J connectivity index is 2.52. The first-order chi connectivity index (χ1) is 8.17. The molecule has 1 aromatic carbocycles. The normalized spacial score (nSPS) is 18.0. The summed E-state index contributed by atoms with van der Waals surface area (Å²) in [4.78, 5) is 3.89. The smallest absolute Gasteiger partial charge is 0.200 e. The van der Waals surface area contributed by atoms with E-state index in [0.717, 1.165) is 0 Å². The van der Waals surface area contributed by atoms with Crippen molar-refractivity contribution in [2.24, 2.45) is 4.99 Å². The molecule has 1 aliphatic heterocycles. The maximum Gasteiger partial charge on any atom is 0.200 e. The second-order valence-electron chi connectivity index (χ2n) is 3.19. The Morgan fingerprint density at radius 2 is 1.88 bits per heavy atom.